The number of carbonyl (C=O) groups excluding carboxylic acids is 1. The molecule has 4 rings (SSSR count). The number of ether oxygens (including phenoxy) is 3. The number of rotatable bonds is 10. The van der Waals surface area contributed by atoms with Crippen LogP contribution in [0.4, 0.5) is 0 Å². The summed E-state index contributed by atoms with van der Waals surface area (Å²) in [5.74, 6) is 1.33. The van der Waals surface area contributed by atoms with Crippen LogP contribution in [0.5, 0.6) is 17.2 Å². The summed E-state index contributed by atoms with van der Waals surface area (Å²) >= 11 is 9.43. The highest BCUT2D eigenvalue weighted by Gasteiger charge is 2.13. The Bertz CT molecular complexity index is 1370. The number of hydrogen-bond acceptors (Lipinski definition) is 5. The first-order valence-electron chi connectivity index (χ1n) is 11.3. The number of benzene rings is 4. The maximum Gasteiger partial charge on any atom is 0.277 e. The van der Waals surface area contributed by atoms with Gasteiger partial charge in [0.15, 0.2) is 18.1 Å². The van der Waals surface area contributed by atoms with Crippen LogP contribution in [0.3, 0.4) is 0 Å². The average molecular weight is 568 g/mol. The van der Waals surface area contributed by atoms with Gasteiger partial charge < -0.3 is 14.2 Å². The summed E-state index contributed by atoms with van der Waals surface area (Å²) < 4.78 is 18.1. The minimum absolute atomic E-state index is 0.173. The zero-order valence-corrected chi connectivity index (χ0v) is 21.9. The van der Waals surface area contributed by atoms with E-state index < -0.39 is 0 Å². The molecular formula is C28H24BrClN2O4. The van der Waals surface area contributed by atoms with Crippen molar-refractivity contribution in [2.75, 3.05) is 13.2 Å². The SMILES string of the molecule is CCOc1cc(/C=N\NC(=O)COc2ccc(Cl)cc2)cc(Br)c1OCc1cccc2ccccc12. The van der Waals surface area contributed by atoms with Crippen molar-refractivity contribution in [1.82, 2.24) is 5.43 Å². The number of carbonyl (C=O) groups is 1. The molecule has 6 nitrogen and oxygen atoms in total. The molecule has 0 saturated carbocycles. The third kappa shape index (κ3) is 6.77. The second kappa shape index (κ2) is 12.4. The van der Waals surface area contributed by atoms with Crippen LogP contribution in [-0.2, 0) is 11.4 Å². The fraction of sp³-hybridized carbons (Fsp3) is 0.143. The number of fused-ring (bicyclic) bond motifs is 1. The number of halogens is 2. The maximum atomic E-state index is 12.0. The van der Waals surface area contributed by atoms with Crippen molar-refractivity contribution in [2.45, 2.75) is 13.5 Å². The fourth-order valence-electron chi connectivity index (χ4n) is 3.52. The van der Waals surface area contributed by atoms with E-state index in [9.17, 15) is 4.79 Å². The normalized spacial score (nSPS) is 11.0. The number of hydrazone groups is 1. The highest BCUT2D eigenvalue weighted by atomic mass is 79.9. The molecule has 0 aromatic heterocycles. The zero-order chi connectivity index (χ0) is 25.3. The molecule has 0 aliphatic heterocycles. The molecule has 0 unspecified atom stereocenters. The molecule has 0 saturated heterocycles. The summed E-state index contributed by atoms with van der Waals surface area (Å²) in [5, 5.41) is 6.93. The average Bonchev–Trinajstić information content (AvgIpc) is 2.88. The molecule has 4 aromatic rings. The van der Waals surface area contributed by atoms with E-state index >= 15 is 0 Å². The van der Waals surface area contributed by atoms with Gasteiger partial charge in [0.25, 0.3) is 5.91 Å². The van der Waals surface area contributed by atoms with Crippen molar-refractivity contribution in [3.8, 4) is 17.2 Å². The van der Waals surface area contributed by atoms with Gasteiger partial charge in [-0.3, -0.25) is 4.79 Å². The Labute approximate surface area is 223 Å². The Hall–Kier alpha value is -3.55. The second-order valence-electron chi connectivity index (χ2n) is 7.73. The Balaban J connectivity index is 1.40. The predicted octanol–water partition coefficient (Wildman–Crippen LogP) is 6.76. The summed E-state index contributed by atoms with van der Waals surface area (Å²) in [7, 11) is 0. The van der Waals surface area contributed by atoms with Gasteiger partial charge in [0.2, 0.25) is 0 Å². The summed E-state index contributed by atoms with van der Waals surface area (Å²) in [6.45, 7) is 2.59. The number of nitrogens with one attached hydrogen (secondary N) is 1. The van der Waals surface area contributed by atoms with Crippen molar-refractivity contribution >= 4 is 50.4 Å². The lowest BCUT2D eigenvalue weighted by Crippen LogP contribution is -2.24. The Morgan fingerprint density at radius 3 is 2.58 bits per heavy atom. The summed E-state index contributed by atoms with van der Waals surface area (Å²) in [6, 6.07) is 24.8. The Morgan fingerprint density at radius 1 is 1.00 bits per heavy atom. The van der Waals surface area contributed by atoms with Crippen LogP contribution in [0.15, 0.2) is 88.4 Å². The Kier molecular flexibility index (Phi) is 8.81. The highest BCUT2D eigenvalue weighted by molar-refractivity contribution is 9.10. The van der Waals surface area contributed by atoms with E-state index in [2.05, 4.69) is 50.7 Å². The lowest BCUT2D eigenvalue weighted by atomic mass is 10.1. The van der Waals surface area contributed by atoms with Gasteiger partial charge in [-0.05, 0) is 81.2 Å². The second-order valence-corrected chi connectivity index (χ2v) is 9.02. The minimum atomic E-state index is -0.389. The van der Waals surface area contributed by atoms with Gasteiger partial charge in [-0.25, -0.2) is 5.43 Å². The van der Waals surface area contributed by atoms with Crippen LogP contribution in [0.1, 0.15) is 18.1 Å². The molecule has 4 aromatic carbocycles. The molecule has 0 atom stereocenters. The number of nitrogens with zero attached hydrogens (tertiary/aromatic N) is 1. The molecule has 8 heteroatoms. The van der Waals surface area contributed by atoms with Crippen LogP contribution in [0, 0.1) is 0 Å². The van der Waals surface area contributed by atoms with E-state index in [1.165, 1.54) is 6.21 Å². The van der Waals surface area contributed by atoms with Gasteiger partial charge in [-0.1, -0.05) is 54.1 Å². The topological polar surface area (TPSA) is 69.2 Å². The van der Waals surface area contributed by atoms with Gasteiger partial charge in [-0.15, -0.1) is 0 Å². The van der Waals surface area contributed by atoms with Gasteiger partial charge in [-0.2, -0.15) is 5.10 Å². The standard InChI is InChI=1S/C28H24BrClN2O4/c1-2-34-26-15-19(16-31-32-27(33)18-35-23-12-10-22(30)11-13-23)14-25(29)28(26)36-17-21-8-5-7-20-6-3-4-9-24(20)21/h3-16H,2,17-18H2,1H3,(H,32,33)/b31-16-. The molecule has 36 heavy (non-hydrogen) atoms. The van der Waals surface area contributed by atoms with Crippen LogP contribution in [0.2, 0.25) is 5.02 Å². The van der Waals surface area contributed by atoms with E-state index in [1.807, 2.05) is 37.3 Å². The quantitative estimate of drug-likeness (QED) is 0.170. The summed E-state index contributed by atoms with van der Waals surface area (Å²) in [6.07, 6.45) is 1.53. The number of hydrogen-bond donors (Lipinski definition) is 1. The van der Waals surface area contributed by atoms with Crippen LogP contribution < -0.4 is 19.6 Å². The molecule has 0 heterocycles. The third-order valence-electron chi connectivity index (χ3n) is 5.17. The van der Waals surface area contributed by atoms with Crippen LogP contribution in [0.25, 0.3) is 10.8 Å². The predicted molar refractivity (Wildman–Crippen MR) is 146 cm³/mol. The molecule has 0 aliphatic carbocycles. The Morgan fingerprint density at radius 2 is 1.78 bits per heavy atom. The minimum Gasteiger partial charge on any atom is -0.490 e. The number of amides is 1. The molecule has 0 bridgehead atoms. The molecule has 0 radical (unpaired) electrons. The molecular weight excluding hydrogens is 544 g/mol. The third-order valence-corrected chi connectivity index (χ3v) is 6.01. The van der Waals surface area contributed by atoms with E-state index in [-0.39, 0.29) is 12.5 Å². The van der Waals surface area contributed by atoms with Crippen LogP contribution >= 0.6 is 27.5 Å². The lowest BCUT2D eigenvalue weighted by Gasteiger charge is -2.15. The van der Waals surface area contributed by atoms with E-state index in [0.717, 1.165) is 21.9 Å². The first kappa shape index (κ1) is 25.5. The van der Waals surface area contributed by atoms with Crippen molar-refractivity contribution in [3.05, 3.63) is 99.5 Å². The van der Waals surface area contributed by atoms with E-state index in [1.54, 1.807) is 24.3 Å². The molecule has 184 valence electrons. The van der Waals surface area contributed by atoms with Gasteiger partial charge in [0, 0.05) is 5.02 Å². The van der Waals surface area contributed by atoms with Crippen LogP contribution in [-0.4, -0.2) is 25.3 Å². The lowest BCUT2D eigenvalue weighted by molar-refractivity contribution is -0.123. The van der Waals surface area contributed by atoms with Crippen molar-refractivity contribution in [2.24, 2.45) is 5.10 Å². The van der Waals surface area contributed by atoms with Crippen molar-refractivity contribution in [3.63, 3.8) is 0 Å². The van der Waals surface area contributed by atoms with Crippen molar-refractivity contribution < 1.29 is 19.0 Å². The zero-order valence-electron chi connectivity index (χ0n) is 19.5. The first-order valence-corrected chi connectivity index (χ1v) is 12.5. The highest BCUT2D eigenvalue weighted by Crippen LogP contribution is 2.37. The van der Waals surface area contributed by atoms with Crippen molar-refractivity contribution in [1.29, 1.82) is 0 Å². The van der Waals surface area contributed by atoms with E-state index in [0.29, 0.717) is 40.0 Å². The molecule has 1 N–H and O–H groups in total. The molecule has 0 fully saturated rings. The first-order chi connectivity index (χ1) is 17.5. The smallest absolute Gasteiger partial charge is 0.277 e. The monoisotopic (exact) mass is 566 g/mol. The molecule has 1 amide bonds. The fourth-order valence-corrected chi connectivity index (χ4v) is 4.22. The van der Waals surface area contributed by atoms with Gasteiger partial charge >= 0.3 is 0 Å². The largest absolute Gasteiger partial charge is 0.490 e. The summed E-state index contributed by atoms with van der Waals surface area (Å²) in [4.78, 5) is 12.0. The van der Waals surface area contributed by atoms with Gasteiger partial charge in [0.1, 0.15) is 12.4 Å². The maximum absolute atomic E-state index is 12.0. The molecule has 0 aliphatic rings. The van der Waals surface area contributed by atoms with Gasteiger partial charge in [0.05, 0.1) is 17.3 Å². The summed E-state index contributed by atoms with van der Waals surface area (Å²) in [5.41, 5.74) is 4.26. The van der Waals surface area contributed by atoms with E-state index in [4.69, 9.17) is 25.8 Å². The molecule has 0 spiro atoms.